The SMILES string of the molecule is [N-]=[N+]=Nc1nc(N)c2ncn([C@@H]3O[C@H](COP(=O)(OC[C@H]4O[C@@H]([n+]5cccc(C(N)=O)c5)[C@H](O)[C@@H]4O)OP(=O)([O-])O)[C@@H](O)[C@H]3O)c2n1. The summed E-state index contributed by atoms with van der Waals surface area (Å²) < 4.78 is 52.4. The molecule has 5 heterocycles. The minimum atomic E-state index is -5.82. The van der Waals surface area contributed by atoms with Gasteiger partial charge in [-0.1, -0.05) is 0 Å². The average molecular weight is 704 g/mol. The van der Waals surface area contributed by atoms with Crippen molar-refractivity contribution in [3.8, 4) is 0 Å². The lowest BCUT2D eigenvalue weighted by Gasteiger charge is -2.25. The number of phosphoric acid groups is 2. The highest BCUT2D eigenvalue weighted by Crippen LogP contribution is 2.60. The highest BCUT2D eigenvalue weighted by Gasteiger charge is 2.50. The predicted molar refractivity (Wildman–Crippen MR) is 146 cm³/mol. The number of carbonyl (C=O) groups is 1. The van der Waals surface area contributed by atoms with Gasteiger partial charge in [-0.05, 0) is 16.7 Å². The Morgan fingerprint density at radius 1 is 1.13 bits per heavy atom. The van der Waals surface area contributed by atoms with E-state index in [1.54, 1.807) is 0 Å². The summed E-state index contributed by atoms with van der Waals surface area (Å²) in [6.45, 7) is -1.92. The minimum absolute atomic E-state index is 0.0231. The molecular formula is C21H26N10O14P2. The van der Waals surface area contributed by atoms with E-state index in [1.165, 1.54) is 29.1 Å². The summed E-state index contributed by atoms with van der Waals surface area (Å²) >= 11 is 0. The molecule has 1 amide bonds. The van der Waals surface area contributed by atoms with E-state index in [-0.39, 0.29) is 28.5 Å². The van der Waals surface area contributed by atoms with E-state index in [0.29, 0.717) is 0 Å². The van der Waals surface area contributed by atoms with Crippen molar-refractivity contribution in [2.45, 2.75) is 49.1 Å². The molecule has 0 saturated carbocycles. The van der Waals surface area contributed by atoms with Crippen LogP contribution in [-0.2, 0) is 32.0 Å². The molecule has 0 aliphatic carbocycles. The van der Waals surface area contributed by atoms with Crippen LogP contribution in [0, 0.1) is 0 Å². The van der Waals surface area contributed by atoms with E-state index in [1.807, 2.05) is 0 Å². The number of nitrogens with zero attached hydrogens (tertiary/aromatic N) is 8. The van der Waals surface area contributed by atoms with Gasteiger partial charge in [0.05, 0.1) is 19.5 Å². The number of azide groups is 1. The number of hydrogen-bond acceptors (Lipinski definition) is 18. The lowest BCUT2D eigenvalue weighted by Crippen LogP contribution is -2.46. The van der Waals surface area contributed by atoms with Crippen molar-refractivity contribution in [1.82, 2.24) is 19.5 Å². The topological polar surface area (TPSA) is 370 Å². The van der Waals surface area contributed by atoms with Crippen LogP contribution in [0.15, 0.2) is 36.0 Å². The first-order valence-corrected chi connectivity index (χ1v) is 16.1. The molecule has 26 heteroatoms. The smallest absolute Gasteiger partial charge is 0.481 e. The zero-order chi connectivity index (χ0) is 34.3. The zero-order valence-electron chi connectivity index (χ0n) is 23.5. The van der Waals surface area contributed by atoms with Crippen LogP contribution in [0.1, 0.15) is 22.8 Å². The van der Waals surface area contributed by atoms with E-state index in [0.717, 1.165) is 10.9 Å². The Hall–Kier alpha value is -3.70. The third-order valence-electron chi connectivity index (χ3n) is 6.92. The van der Waals surface area contributed by atoms with Gasteiger partial charge in [-0.25, -0.2) is 23.8 Å². The second-order valence-electron chi connectivity index (χ2n) is 10.0. The third kappa shape index (κ3) is 7.41. The molecule has 0 bridgehead atoms. The molecular weight excluding hydrogens is 678 g/mol. The first kappa shape index (κ1) is 34.6. The minimum Gasteiger partial charge on any atom is -0.756 e. The number of carbonyl (C=O) groups excluding carboxylic acids is 1. The molecule has 47 heavy (non-hydrogen) atoms. The Morgan fingerprint density at radius 3 is 2.43 bits per heavy atom. The number of hydrogen-bond donors (Lipinski definition) is 7. The number of rotatable bonds is 12. The number of primary amides is 1. The van der Waals surface area contributed by atoms with Crippen molar-refractivity contribution in [3.05, 3.63) is 46.9 Å². The Kier molecular flexibility index (Phi) is 9.89. The second-order valence-corrected chi connectivity index (χ2v) is 13.0. The van der Waals surface area contributed by atoms with Crippen molar-refractivity contribution in [1.29, 1.82) is 0 Å². The summed E-state index contributed by atoms with van der Waals surface area (Å²) in [5.74, 6) is -1.36. The lowest BCUT2D eigenvalue weighted by molar-refractivity contribution is -0.765. The molecule has 0 aromatic carbocycles. The van der Waals surface area contributed by atoms with Gasteiger partial charge < -0.3 is 51.2 Å². The van der Waals surface area contributed by atoms with Crippen molar-refractivity contribution >= 4 is 44.5 Å². The Labute approximate surface area is 261 Å². The first-order valence-electron chi connectivity index (χ1n) is 13.1. The van der Waals surface area contributed by atoms with Crippen LogP contribution in [0.4, 0.5) is 11.8 Å². The molecule has 24 nitrogen and oxygen atoms in total. The number of aliphatic hydroxyl groups excluding tert-OH is 4. The molecule has 254 valence electrons. The van der Waals surface area contributed by atoms with Crippen LogP contribution < -0.4 is 20.9 Å². The van der Waals surface area contributed by atoms with Crippen LogP contribution in [0.2, 0.25) is 0 Å². The van der Waals surface area contributed by atoms with Gasteiger partial charge in [0.25, 0.3) is 20.0 Å². The molecule has 2 aliphatic rings. The standard InChI is InChI=1S/C21H26N10O14P2/c22-16-11-18(27-21(26-16)28-29-24)31(7-25-11)20-15(35)13(33)10(44-20)6-42-47(40,45-46(37,38)39)41-5-9-12(32)14(34)19(43-9)30-3-1-2-8(4-30)17(23)36/h1-4,7,9-10,12-15,19-20,32-35H,5-6H2,(H5-,22,23,26,27,36,37,38,39)/t9-,10-,12-,13-,14-,15-,19-,20-,47?/m1/s1. The maximum absolute atomic E-state index is 13.3. The first-order chi connectivity index (χ1) is 22.1. The zero-order valence-corrected chi connectivity index (χ0v) is 25.2. The number of pyridine rings is 1. The van der Waals surface area contributed by atoms with Crippen LogP contribution in [0.3, 0.4) is 0 Å². The highest BCUT2D eigenvalue weighted by molar-refractivity contribution is 7.60. The molecule has 2 saturated heterocycles. The number of anilines is 1. The van der Waals surface area contributed by atoms with E-state index in [2.05, 4.69) is 29.3 Å². The summed E-state index contributed by atoms with van der Waals surface area (Å²) in [5, 5.41) is 45.6. The monoisotopic (exact) mass is 704 g/mol. The number of imidazole rings is 1. The number of ether oxygens (including phenoxy) is 2. The fourth-order valence-corrected chi connectivity index (χ4v) is 6.87. The number of nitrogen functional groups attached to an aromatic ring is 1. The Morgan fingerprint density at radius 2 is 1.79 bits per heavy atom. The molecule has 2 unspecified atom stereocenters. The van der Waals surface area contributed by atoms with Gasteiger partial charge >= 0.3 is 7.82 Å². The van der Waals surface area contributed by atoms with E-state index < -0.39 is 83.8 Å². The summed E-state index contributed by atoms with van der Waals surface area (Å²) in [5.41, 5.74) is 19.8. The van der Waals surface area contributed by atoms with E-state index >= 15 is 0 Å². The summed E-state index contributed by atoms with van der Waals surface area (Å²) in [7, 11) is -11.2. The van der Waals surface area contributed by atoms with Crippen LogP contribution >= 0.6 is 15.6 Å². The van der Waals surface area contributed by atoms with Gasteiger partial charge in [-0.15, -0.1) is 0 Å². The molecule has 5 rings (SSSR count). The molecule has 2 aliphatic heterocycles. The van der Waals surface area contributed by atoms with Crippen molar-refractivity contribution in [2.24, 2.45) is 10.8 Å². The number of amides is 1. The van der Waals surface area contributed by atoms with Gasteiger partial charge in [-0.2, -0.15) is 4.57 Å². The second kappa shape index (κ2) is 13.4. The maximum Gasteiger partial charge on any atom is 0.481 e. The molecule has 0 spiro atoms. The molecule has 10 atom stereocenters. The fourth-order valence-electron chi connectivity index (χ4n) is 4.74. The van der Waals surface area contributed by atoms with Gasteiger partial charge in [0.1, 0.15) is 41.6 Å². The number of aromatic nitrogens is 5. The third-order valence-corrected chi connectivity index (χ3v) is 9.47. The van der Waals surface area contributed by atoms with Crippen LogP contribution in [0.5, 0.6) is 0 Å². The summed E-state index contributed by atoms with van der Waals surface area (Å²) in [4.78, 5) is 46.6. The summed E-state index contributed by atoms with van der Waals surface area (Å²) in [6.07, 6.45) is -8.94. The molecule has 3 aromatic rings. The quantitative estimate of drug-likeness (QED) is 0.0331. The normalized spacial score (nSPS) is 30.1. The van der Waals surface area contributed by atoms with Gasteiger partial charge in [0.2, 0.25) is 5.95 Å². The van der Waals surface area contributed by atoms with Gasteiger partial charge in [-0.3, -0.25) is 23.0 Å². The van der Waals surface area contributed by atoms with Crippen molar-refractivity contribution in [3.63, 3.8) is 0 Å². The molecule has 9 N–H and O–H groups in total. The Bertz CT molecular complexity index is 1800. The predicted octanol–water partition coefficient (Wildman–Crippen LogP) is -2.71. The lowest BCUT2D eigenvalue weighted by atomic mass is 10.1. The number of aliphatic hydroxyl groups is 4. The van der Waals surface area contributed by atoms with E-state index in [9.17, 15) is 44.1 Å². The average Bonchev–Trinajstić information content (AvgIpc) is 3.64. The fraction of sp³-hybridized carbons (Fsp3) is 0.476. The molecule has 0 radical (unpaired) electrons. The van der Waals surface area contributed by atoms with Crippen LogP contribution in [0.25, 0.3) is 21.6 Å². The number of phosphoric ester groups is 1. The van der Waals surface area contributed by atoms with Gasteiger partial charge in [0, 0.05) is 11.0 Å². The highest BCUT2D eigenvalue weighted by atomic mass is 31.3. The van der Waals surface area contributed by atoms with Crippen molar-refractivity contribution < 1.29 is 71.5 Å². The molecule has 3 aromatic heterocycles. The number of nitrogens with two attached hydrogens (primary N) is 2. The maximum atomic E-state index is 13.3. The van der Waals surface area contributed by atoms with Crippen LogP contribution in [-0.4, -0.2) is 101 Å². The number of fused-ring (bicyclic) bond motifs is 1. The summed E-state index contributed by atoms with van der Waals surface area (Å²) in [6, 6.07) is 2.80. The van der Waals surface area contributed by atoms with E-state index in [4.69, 9.17) is 35.5 Å². The van der Waals surface area contributed by atoms with Crippen molar-refractivity contribution in [2.75, 3.05) is 18.9 Å². The largest absolute Gasteiger partial charge is 0.756 e. The van der Waals surface area contributed by atoms with Gasteiger partial charge in [0.15, 0.2) is 36.2 Å². The Balaban J connectivity index is 1.29. The molecule has 2 fully saturated rings.